The molecule has 84 valence electrons. The average Bonchev–Trinajstić information content (AvgIpc) is 2.22. The Kier molecular flexibility index (Phi) is 2.40. The minimum absolute atomic E-state index is 0.0568. The molecule has 0 heterocycles. The van der Waals surface area contributed by atoms with Crippen molar-refractivity contribution in [1.29, 1.82) is 0 Å². The summed E-state index contributed by atoms with van der Waals surface area (Å²) in [5.74, 6) is -1.49. The van der Waals surface area contributed by atoms with Crippen LogP contribution in [-0.2, 0) is 14.9 Å². The smallest absolute Gasteiger partial charge is 0.272 e. The maximum Gasteiger partial charge on any atom is 0.272 e. The molecule has 1 N–H and O–H groups in total. The molecular formula is C10H8O5S. The maximum absolute atomic E-state index is 11.5. The molecule has 0 unspecified atom stereocenters. The lowest BCUT2D eigenvalue weighted by Crippen LogP contribution is -2.29. The molecule has 0 saturated carbocycles. The molecule has 6 heteroatoms. The quantitative estimate of drug-likeness (QED) is 0.578. The number of carbonyl (C=O) groups excluding carboxylic acids is 2. The number of Topliss-reactive ketones (excluding diaryl/α,β-unsaturated/α-hetero) is 2. The summed E-state index contributed by atoms with van der Waals surface area (Å²) < 4.78 is 31.2. The number of benzene rings is 1. The van der Waals surface area contributed by atoms with E-state index in [9.17, 15) is 18.0 Å². The summed E-state index contributed by atoms with van der Waals surface area (Å²) in [5, 5.41) is -1.33. The highest BCUT2D eigenvalue weighted by molar-refractivity contribution is 7.86. The van der Waals surface area contributed by atoms with Crippen molar-refractivity contribution >= 4 is 21.7 Å². The van der Waals surface area contributed by atoms with E-state index in [-0.39, 0.29) is 11.1 Å². The molecule has 0 radical (unpaired) electrons. The Labute approximate surface area is 91.8 Å². The molecule has 1 aromatic carbocycles. The minimum atomic E-state index is -4.37. The molecule has 0 amide bonds. The van der Waals surface area contributed by atoms with Crippen LogP contribution >= 0.6 is 0 Å². The molecule has 1 aliphatic carbocycles. The van der Waals surface area contributed by atoms with Gasteiger partial charge in [0, 0.05) is 12.0 Å². The van der Waals surface area contributed by atoms with Crippen molar-refractivity contribution in [1.82, 2.24) is 0 Å². The second kappa shape index (κ2) is 3.50. The first-order chi connectivity index (χ1) is 7.41. The van der Waals surface area contributed by atoms with Gasteiger partial charge in [-0.05, 0) is 5.56 Å². The first-order valence-electron chi connectivity index (χ1n) is 4.54. The molecule has 1 aromatic rings. The molecule has 0 saturated heterocycles. The van der Waals surface area contributed by atoms with Crippen LogP contribution < -0.4 is 0 Å². The van der Waals surface area contributed by atoms with Crippen molar-refractivity contribution in [2.24, 2.45) is 0 Å². The van der Waals surface area contributed by atoms with E-state index in [1.54, 1.807) is 6.07 Å². The normalized spacial score (nSPS) is 20.7. The third kappa shape index (κ3) is 1.66. The summed E-state index contributed by atoms with van der Waals surface area (Å²) in [6, 6.07) is 5.90. The third-order valence-electron chi connectivity index (χ3n) is 2.54. The van der Waals surface area contributed by atoms with Crippen LogP contribution in [0, 0.1) is 0 Å². The Morgan fingerprint density at radius 3 is 2.44 bits per heavy atom. The molecule has 5 nitrogen and oxygen atoms in total. The molecule has 0 fully saturated rings. The molecule has 0 bridgehead atoms. The fourth-order valence-corrected chi connectivity index (χ4v) is 2.66. The largest absolute Gasteiger partial charge is 0.290 e. The highest BCUT2D eigenvalue weighted by Crippen LogP contribution is 2.33. The Morgan fingerprint density at radius 1 is 1.19 bits per heavy atom. The molecule has 0 aromatic heterocycles. The molecule has 1 atom stereocenters. The molecular weight excluding hydrogens is 232 g/mol. The van der Waals surface area contributed by atoms with Gasteiger partial charge in [-0.15, -0.1) is 0 Å². The standard InChI is InChI=1S/C10H8O5S/c11-8-5-9(16(13,14)15)6-3-1-2-4-7(6)10(8)12/h1-4,9H,5H2,(H,13,14,15)/t9-/m1/s1. The summed E-state index contributed by atoms with van der Waals surface area (Å²) in [6.45, 7) is 0. The van der Waals surface area contributed by atoms with Crippen molar-refractivity contribution < 1.29 is 22.6 Å². The van der Waals surface area contributed by atoms with E-state index in [1.807, 2.05) is 0 Å². The van der Waals surface area contributed by atoms with Gasteiger partial charge in [0.2, 0.25) is 11.6 Å². The van der Waals surface area contributed by atoms with Gasteiger partial charge in [-0.3, -0.25) is 14.1 Å². The monoisotopic (exact) mass is 240 g/mol. The first-order valence-corrected chi connectivity index (χ1v) is 6.04. The predicted octanol–water partition coefficient (Wildman–Crippen LogP) is 0.771. The summed E-state index contributed by atoms with van der Waals surface area (Å²) in [5.41, 5.74) is 0.246. The van der Waals surface area contributed by atoms with Crippen LogP contribution in [0.2, 0.25) is 0 Å². The zero-order chi connectivity index (χ0) is 11.9. The van der Waals surface area contributed by atoms with E-state index < -0.39 is 33.4 Å². The van der Waals surface area contributed by atoms with Crippen LogP contribution in [-0.4, -0.2) is 24.5 Å². The number of ketones is 2. The Bertz CT molecular complexity index is 573. The van der Waals surface area contributed by atoms with Crippen LogP contribution in [0.4, 0.5) is 0 Å². The zero-order valence-electron chi connectivity index (χ0n) is 8.08. The summed E-state index contributed by atoms with van der Waals surface area (Å²) >= 11 is 0. The number of fused-ring (bicyclic) bond motifs is 1. The predicted molar refractivity (Wildman–Crippen MR) is 54.7 cm³/mol. The zero-order valence-corrected chi connectivity index (χ0v) is 8.90. The van der Waals surface area contributed by atoms with E-state index in [1.165, 1.54) is 18.2 Å². The van der Waals surface area contributed by atoms with Gasteiger partial charge in [-0.25, -0.2) is 0 Å². The van der Waals surface area contributed by atoms with Crippen LogP contribution in [0.25, 0.3) is 0 Å². The number of rotatable bonds is 1. The van der Waals surface area contributed by atoms with Gasteiger partial charge < -0.3 is 0 Å². The number of hydrogen-bond acceptors (Lipinski definition) is 4. The van der Waals surface area contributed by atoms with Crippen molar-refractivity contribution in [2.45, 2.75) is 11.7 Å². The fraction of sp³-hybridized carbons (Fsp3) is 0.200. The Morgan fingerprint density at radius 2 is 1.81 bits per heavy atom. The van der Waals surface area contributed by atoms with Crippen molar-refractivity contribution in [3.63, 3.8) is 0 Å². The lowest BCUT2D eigenvalue weighted by molar-refractivity contribution is -0.115. The van der Waals surface area contributed by atoms with Crippen molar-refractivity contribution in [3.05, 3.63) is 35.4 Å². The summed E-state index contributed by atoms with van der Waals surface area (Å²) in [4.78, 5) is 22.8. The molecule has 0 aliphatic heterocycles. The Balaban J connectivity index is 2.67. The van der Waals surface area contributed by atoms with Gasteiger partial charge in [0.15, 0.2) is 0 Å². The van der Waals surface area contributed by atoms with Crippen LogP contribution in [0.3, 0.4) is 0 Å². The minimum Gasteiger partial charge on any atom is -0.290 e. The molecule has 16 heavy (non-hydrogen) atoms. The van der Waals surface area contributed by atoms with Gasteiger partial charge in [-0.1, -0.05) is 24.3 Å². The highest BCUT2D eigenvalue weighted by atomic mass is 32.2. The van der Waals surface area contributed by atoms with Crippen molar-refractivity contribution in [2.75, 3.05) is 0 Å². The second-order valence-electron chi connectivity index (χ2n) is 3.55. The fourth-order valence-electron chi connectivity index (χ4n) is 1.77. The molecule has 2 rings (SSSR count). The van der Waals surface area contributed by atoms with Crippen LogP contribution in [0.5, 0.6) is 0 Å². The van der Waals surface area contributed by atoms with E-state index in [0.717, 1.165) is 0 Å². The van der Waals surface area contributed by atoms with E-state index in [4.69, 9.17) is 4.55 Å². The molecule has 0 spiro atoms. The lowest BCUT2D eigenvalue weighted by atomic mass is 9.89. The first kappa shape index (κ1) is 11.0. The van der Waals surface area contributed by atoms with Gasteiger partial charge in [0.05, 0.1) is 0 Å². The van der Waals surface area contributed by atoms with Gasteiger partial charge in [0.1, 0.15) is 5.25 Å². The summed E-state index contributed by atoms with van der Waals surface area (Å²) in [6.07, 6.45) is -0.491. The SMILES string of the molecule is O=C1C[C@@H](S(=O)(=O)O)c2ccccc2C1=O. The van der Waals surface area contributed by atoms with Crippen molar-refractivity contribution in [3.8, 4) is 0 Å². The topological polar surface area (TPSA) is 88.5 Å². The van der Waals surface area contributed by atoms with Gasteiger partial charge in [0.25, 0.3) is 10.1 Å². The number of carbonyl (C=O) groups is 2. The Hall–Kier alpha value is -1.53. The molecule has 1 aliphatic rings. The van der Waals surface area contributed by atoms with Crippen LogP contribution in [0.1, 0.15) is 27.6 Å². The van der Waals surface area contributed by atoms with E-state index >= 15 is 0 Å². The second-order valence-corrected chi connectivity index (χ2v) is 5.15. The van der Waals surface area contributed by atoms with E-state index in [0.29, 0.717) is 0 Å². The lowest BCUT2D eigenvalue weighted by Gasteiger charge is -2.20. The summed E-state index contributed by atoms with van der Waals surface area (Å²) in [7, 11) is -4.37. The van der Waals surface area contributed by atoms with Gasteiger partial charge >= 0.3 is 0 Å². The maximum atomic E-state index is 11.5. The van der Waals surface area contributed by atoms with Gasteiger partial charge in [-0.2, -0.15) is 8.42 Å². The number of hydrogen-bond donors (Lipinski definition) is 1. The average molecular weight is 240 g/mol. The van der Waals surface area contributed by atoms with E-state index in [2.05, 4.69) is 0 Å². The highest BCUT2D eigenvalue weighted by Gasteiger charge is 2.38. The third-order valence-corrected chi connectivity index (χ3v) is 3.68. The van der Waals surface area contributed by atoms with Crippen LogP contribution in [0.15, 0.2) is 24.3 Å².